The van der Waals surface area contributed by atoms with Crippen molar-refractivity contribution < 1.29 is 21.6 Å². The van der Waals surface area contributed by atoms with Crippen molar-refractivity contribution >= 4 is 44.1 Å². The summed E-state index contributed by atoms with van der Waals surface area (Å²) in [5.41, 5.74) is 0.0877. The second-order valence-electron chi connectivity index (χ2n) is 4.36. The number of alkyl halides is 3. The smallest absolute Gasteiger partial charge is 0.335 e. The highest BCUT2D eigenvalue weighted by Gasteiger charge is 2.38. The summed E-state index contributed by atoms with van der Waals surface area (Å²) in [7, 11) is -4.47. The monoisotopic (exact) mass is 454 g/mol. The fourth-order valence-corrected chi connectivity index (χ4v) is 2.94. The third kappa shape index (κ3) is 4.93. The number of halogens is 4. The number of anilines is 1. The van der Waals surface area contributed by atoms with Crippen LogP contribution in [0.4, 0.5) is 18.9 Å². The number of hydrogen-bond donors (Lipinski definition) is 1. The van der Waals surface area contributed by atoms with Crippen LogP contribution in [-0.4, -0.2) is 20.4 Å². The predicted molar refractivity (Wildman–Crippen MR) is 89.9 cm³/mol. The van der Waals surface area contributed by atoms with Crippen LogP contribution in [0.2, 0.25) is 0 Å². The maximum Gasteiger partial charge on any atom is 0.450 e. The minimum absolute atomic E-state index is 0.0877. The van der Waals surface area contributed by atoms with Crippen molar-refractivity contribution in [2.24, 2.45) is 4.40 Å². The predicted octanol–water partition coefficient (Wildman–Crippen LogP) is 4.05. The van der Waals surface area contributed by atoms with Gasteiger partial charge in [0.15, 0.2) is 0 Å². The van der Waals surface area contributed by atoms with E-state index in [0.29, 0.717) is 0 Å². The van der Waals surface area contributed by atoms with Crippen molar-refractivity contribution in [1.29, 1.82) is 0 Å². The van der Waals surface area contributed by atoms with E-state index in [2.05, 4.69) is 4.40 Å². The standard InChI is InChI=1S/C14H10F3IN2O2S/c15-14(16,17)13(19-11-8-6-10(18)7-9-11)20-23(21,22)12-4-2-1-3-5-12/h1-9H,(H,19,20). The first-order valence-electron chi connectivity index (χ1n) is 6.18. The summed E-state index contributed by atoms with van der Waals surface area (Å²) in [6, 6.07) is 12.7. The molecule has 0 atom stereocenters. The first kappa shape index (κ1) is 17.7. The molecule has 0 amide bonds. The fourth-order valence-electron chi connectivity index (χ4n) is 1.58. The van der Waals surface area contributed by atoms with Crippen molar-refractivity contribution in [3.05, 3.63) is 58.2 Å². The molecule has 23 heavy (non-hydrogen) atoms. The Kier molecular flexibility index (Phi) is 5.30. The highest BCUT2D eigenvalue weighted by atomic mass is 127. The maximum atomic E-state index is 13.1. The molecular formula is C14H10F3IN2O2S. The minimum Gasteiger partial charge on any atom is -0.335 e. The molecule has 1 N–H and O–H groups in total. The molecule has 0 aromatic heterocycles. The van der Waals surface area contributed by atoms with E-state index in [1.54, 1.807) is 18.2 Å². The molecule has 9 heteroatoms. The Hall–Kier alpha value is -1.62. The van der Waals surface area contributed by atoms with Crippen LogP contribution < -0.4 is 5.32 Å². The van der Waals surface area contributed by atoms with Gasteiger partial charge < -0.3 is 5.32 Å². The van der Waals surface area contributed by atoms with Gasteiger partial charge in [0.1, 0.15) is 0 Å². The average molecular weight is 454 g/mol. The van der Waals surface area contributed by atoms with Crippen LogP contribution >= 0.6 is 22.6 Å². The molecule has 2 aromatic carbocycles. The number of nitrogens with one attached hydrogen (secondary N) is 1. The molecule has 0 saturated heterocycles. The SMILES string of the molecule is O=S(=O)(N=C(Nc1ccc(I)cc1)C(F)(F)F)c1ccccc1. The quantitative estimate of drug-likeness (QED) is 0.433. The second-order valence-corrected chi connectivity index (χ2v) is 7.21. The number of sulfonamides is 1. The highest BCUT2D eigenvalue weighted by molar-refractivity contribution is 14.1. The van der Waals surface area contributed by atoms with Crippen LogP contribution in [0.1, 0.15) is 0 Å². The second kappa shape index (κ2) is 6.87. The normalized spacial score (nSPS) is 13.0. The van der Waals surface area contributed by atoms with Crippen LogP contribution in [0.5, 0.6) is 0 Å². The van der Waals surface area contributed by atoms with Gasteiger partial charge in [-0.15, -0.1) is 4.40 Å². The molecule has 0 bridgehead atoms. The average Bonchev–Trinajstić information content (AvgIpc) is 2.48. The van der Waals surface area contributed by atoms with Gasteiger partial charge in [-0.2, -0.15) is 21.6 Å². The molecule has 4 nitrogen and oxygen atoms in total. The van der Waals surface area contributed by atoms with E-state index in [1.165, 1.54) is 36.4 Å². The number of amidine groups is 1. The Bertz CT molecular complexity index is 804. The zero-order chi connectivity index (χ0) is 17.1. The molecule has 2 aromatic rings. The van der Waals surface area contributed by atoms with E-state index in [9.17, 15) is 21.6 Å². The summed E-state index contributed by atoms with van der Waals surface area (Å²) in [5.74, 6) is -1.59. The van der Waals surface area contributed by atoms with Gasteiger partial charge in [0, 0.05) is 9.26 Å². The van der Waals surface area contributed by atoms with Gasteiger partial charge >= 0.3 is 6.18 Å². The van der Waals surface area contributed by atoms with Crippen LogP contribution in [0.25, 0.3) is 0 Å². The summed E-state index contributed by atoms with van der Waals surface area (Å²) in [5, 5.41) is 2.01. The topological polar surface area (TPSA) is 58.5 Å². The van der Waals surface area contributed by atoms with Gasteiger partial charge in [-0.25, -0.2) is 0 Å². The molecule has 0 heterocycles. The first-order valence-corrected chi connectivity index (χ1v) is 8.70. The van der Waals surface area contributed by atoms with E-state index in [0.717, 1.165) is 3.57 Å². The molecule has 0 spiro atoms. The van der Waals surface area contributed by atoms with E-state index >= 15 is 0 Å². The Morgan fingerprint density at radius 1 is 1.00 bits per heavy atom. The Labute approximate surface area is 144 Å². The molecule has 122 valence electrons. The van der Waals surface area contributed by atoms with E-state index < -0.39 is 22.0 Å². The molecular weight excluding hydrogens is 444 g/mol. The Morgan fingerprint density at radius 3 is 2.09 bits per heavy atom. The number of nitrogens with zero attached hydrogens (tertiary/aromatic N) is 1. The molecule has 0 aliphatic carbocycles. The van der Waals surface area contributed by atoms with Gasteiger partial charge in [-0.3, -0.25) is 0 Å². The summed E-state index contributed by atoms with van der Waals surface area (Å²) in [4.78, 5) is -0.314. The van der Waals surface area contributed by atoms with Crippen molar-refractivity contribution in [1.82, 2.24) is 0 Å². The van der Waals surface area contributed by atoms with Crippen molar-refractivity contribution in [2.75, 3.05) is 5.32 Å². The largest absolute Gasteiger partial charge is 0.450 e. The summed E-state index contributed by atoms with van der Waals surface area (Å²) < 4.78 is 67.0. The van der Waals surface area contributed by atoms with Crippen LogP contribution in [0, 0.1) is 3.57 Å². The lowest BCUT2D eigenvalue weighted by Gasteiger charge is -2.13. The van der Waals surface area contributed by atoms with Gasteiger partial charge in [0.05, 0.1) is 4.90 Å². The van der Waals surface area contributed by atoms with E-state index in [4.69, 9.17) is 0 Å². The van der Waals surface area contributed by atoms with Crippen LogP contribution in [0.3, 0.4) is 0 Å². The lowest BCUT2D eigenvalue weighted by atomic mass is 10.3. The van der Waals surface area contributed by atoms with Gasteiger partial charge in [-0.05, 0) is 59.0 Å². The zero-order valence-electron chi connectivity index (χ0n) is 11.4. The summed E-state index contributed by atoms with van der Waals surface area (Å²) >= 11 is 2.00. The van der Waals surface area contributed by atoms with E-state index in [-0.39, 0.29) is 10.6 Å². The maximum absolute atomic E-state index is 13.1. The molecule has 0 radical (unpaired) electrons. The van der Waals surface area contributed by atoms with Crippen molar-refractivity contribution in [3.8, 4) is 0 Å². The third-order valence-electron chi connectivity index (χ3n) is 2.63. The molecule has 0 aliphatic heterocycles. The van der Waals surface area contributed by atoms with Crippen LogP contribution in [0.15, 0.2) is 63.9 Å². The lowest BCUT2D eigenvalue weighted by molar-refractivity contribution is -0.0585. The molecule has 2 rings (SSSR count). The summed E-state index contributed by atoms with van der Waals surface area (Å²) in [6.45, 7) is 0. The minimum atomic E-state index is -4.94. The van der Waals surface area contributed by atoms with E-state index in [1.807, 2.05) is 27.9 Å². The number of rotatable bonds is 3. The first-order chi connectivity index (χ1) is 10.7. The molecule has 0 unspecified atom stereocenters. The summed E-state index contributed by atoms with van der Waals surface area (Å²) in [6.07, 6.45) is -4.94. The Balaban J connectivity index is 2.41. The van der Waals surface area contributed by atoms with Gasteiger partial charge in [-0.1, -0.05) is 18.2 Å². The number of hydrogen-bond acceptors (Lipinski definition) is 2. The van der Waals surface area contributed by atoms with Gasteiger partial charge in [0.25, 0.3) is 10.0 Å². The zero-order valence-corrected chi connectivity index (χ0v) is 14.4. The molecule has 0 saturated carbocycles. The van der Waals surface area contributed by atoms with Gasteiger partial charge in [0.2, 0.25) is 5.84 Å². The highest BCUT2D eigenvalue weighted by Crippen LogP contribution is 2.23. The number of benzene rings is 2. The third-order valence-corrected chi connectivity index (χ3v) is 4.64. The van der Waals surface area contributed by atoms with Crippen molar-refractivity contribution in [2.45, 2.75) is 11.1 Å². The fraction of sp³-hybridized carbons (Fsp3) is 0.0714. The van der Waals surface area contributed by atoms with Crippen molar-refractivity contribution in [3.63, 3.8) is 0 Å². The Morgan fingerprint density at radius 2 is 1.57 bits per heavy atom. The van der Waals surface area contributed by atoms with Crippen LogP contribution in [-0.2, 0) is 10.0 Å². The lowest BCUT2D eigenvalue weighted by Crippen LogP contribution is -2.31. The molecule has 0 fully saturated rings. The molecule has 0 aliphatic rings.